The summed E-state index contributed by atoms with van der Waals surface area (Å²) in [6, 6.07) is 17.9. The number of benzene rings is 2. The predicted octanol–water partition coefficient (Wildman–Crippen LogP) is 2.39. The van der Waals surface area contributed by atoms with Crippen molar-refractivity contribution in [2.24, 2.45) is 0 Å². The molecule has 0 unspecified atom stereocenters. The predicted molar refractivity (Wildman–Crippen MR) is 112 cm³/mol. The molecule has 4 amide bonds. The number of hydrogen-bond acceptors (Lipinski definition) is 4. The fraction of sp³-hybridized carbons (Fsp3) is 0.348. The number of rotatable bonds is 5. The largest absolute Gasteiger partial charge is 0.344 e. The van der Waals surface area contributed by atoms with Crippen LogP contribution in [0.15, 0.2) is 54.6 Å². The van der Waals surface area contributed by atoms with E-state index < -0.39 is 17.5 Å². The van der Waals surface area contributed by atoms with Crippen molar-refractivity contribution in [1.29, 1.82) is 0 Å². The van der Waals surface area contributed by atoms with Crippen LogP contribution in [0, 0.1) is 0 Å². The van der Waals surface area contributed by atoms with Gasteiger partial charge in [0.25, 0.3) is 11.8 Å². The Kier molecular flexibility index (Phi) is 5.30. The minimum absolute atomic E-state index is 0.0948. The highest BCUT2D eigenvalue weighted by atomic mass is 16.2. The second-order valence-electron chi connectivity index (χ2n) is 8.12. The molecule has 2 aromatic rings. The van der Waals surface area contributed by atoms with E-state index in [0.29, 0.717) is 19.5 Å². The van der Waals surface area contributed by atoms with Crippen LogP contribution in [-0.4, -0.2) is 46.4 Å². The number of hydrazine groups is 1. The van der Waals surface area contributed by atoms with Crippen LogP contribution in [0.5, 0.6) is 0 Å². The van der Waals surface area contributed by atoms with Gasteiger partial charge >= 0.3 is 6.03 Å². The lowest BCUT2D eigenvalue weighted by atomic mass is 9.85. The van der Waals surface area contributed by atoms with Gasteiger partial charge in [-0.05, 0) is 30.0 Å². The summed E-state index contributed by atoms with van der Waals surface area (Å²) in [5, 5.41) is 3.44. The summed E-state index contributed by atoms with van der Waals surface area (Å²) in [7, 11) is 0. The van der Waals surface area contributed by atoms with E-state index in [1.54, 1.807) is 6.92 Å². The molecule has 1 saturated heterocycles. The molecule has 2 aromatic carbocycles. The van der Waals surface area contributed by atoms with Crippen molar-refractivity contribution in [1.82, 2.24) is 20.7 Å². The van der Waals surface area contributed by atoms with Crippen molar-refractivity contribution in [2.75, 3.05) is 13.1 Å². The normalized spacial score (nSPS) is 23.8. The maximum absolute atomic E-state index is 12.7. The first kappa shape index (κ1) is 20.1. The van der Waals surface area contributed by atoms with E-state index in [0.717, 1.165) is 5.01 Å². The first-order valence-corrected chi connectivity index (χ1v) is 10.2. The molecule has 2 aliphatic heterocycles. The number of carbonyl (C=O) groups excluding carboxylic acids is 3. The van der Waals surface area contributed by atoms with Gasteiger partial charge in [-0.15, -0.1) is 0 Å². The minimum Gasteiger partial charge on any atom is -0.322 e. The first-order chi connectivity index (χ1) is 14.4. The number of hydrogen-bond donors (Lipinski definition) is 2. The number of nitrogens with one attached hydrogen (secondary N) is 2. The van der Waals surface area contributed by atoms with Gasteiger partial charge < -0.3 is 5.32 Å². The van der Waals surface area contributed by atoms with Crippen LogP contribution >= 0.6 is 0 Å². The van der Waals surface area contributed by atoms with Gasteiger partial charge in [0.1, 0.15) is 5.54 Å². The summed E-state index contributed by atoms with van der Waals surface area (Å²) in [6.07, 6.45) is 0.450. The highest BCUT2D eigenvalue weighted by Crippen LogP contribution is 2.33. The summed E-state index contributed by atoms with van der Waals surface area (Å²) in [4.78, 5) is 39.4. The molecule has 7 nitrogen and oxygen atoms in total. The van der Waals surface area contributed by atoms with E-state index in [4.69, 9.17) is 0 Å². The fourth-order valence-electron chi connectivity index (χ4n) is 4.16. The Morgan fingerprint density at radius 3 is 2.53 bits per heavy atom. The minimum atomic E-state index is -0.979. The molecule has 2 N–H and O–H groups in total. The van der Waals surface area contributed by atoms with Crippen molar-refractivity contribution in [3.63, 3.8) is 0 Å². The van der Waals surface area contributed by atoms with Crippen molar-refractivity contribution in [2.45, 2.75) is 38.3 Å². The Labute approximate surface area is 176 Å². The van der Waals surface area contributed by atoms with Crippen LogP contribution in [0.4, 0.5) is 4.79 Å². The summed E-state index contributed by atoms with van der Waals surface area (Å²) in [6.45, 7) is 4.89. The van der Waals surface area contributed by atoms with Gasteiger partial charge in [-0.1, -0.05) is 61.5 Å². The van der Waals surface area contributed by atoms with Crippen LogP contribution in [0.1, 0.15) is 42.9 Å². The molecular formula is C23H26N4O3. The fourth-order valence-corrected chi connectivity index (χ4v) is 4.16. The van der Waals surface area contributed by atoms with Gasteiger partial charge in [0.2, 0.25) is 0 Å². The van der Waals surface area contributed by atoms with E-state index in [9.17, 15) is 14.4 Å². The van der Waals surface area contributed by atoms with Crippen LogP contribution < -0.4 is 10.7 Å². The summed E-state index contributed by atoms with van der Waals surface area (Å²) >= 11 is 0. The maximum Gasteiger partial charge on any atom is 0.344 e. The molecule has 2 aliphatic rings. The van der Waals surface area contributed by atoms with E-state index in [-0.39, 0.29) is 18.4 Å². The van der Waals surface area contributed by atoms with Crippen molar-refractivity contribution < 1.29 is 14.4 Å². The van der Waals surface area contributed by atoms with Crippen LogP contribution in [0.3, 0.4) is 0 Å². The molecule has 1 fully saturated rings. The Bertz CT molecular complexity index is 977. The molecule has 30 heavy (non-hydrogen) atoms. The molecule has 0 bridgehead atoms. The van der Waals surface area contributed by atoms with Crippen molar-refractivity contribution >= 4 is 17.8 Å². The molecule has 2 heterocycles. The van der Waals surface area contributed by atoms with Gasteiger partial charge in [-0.2, -0.15) is 5.01 Å². The molecular weight excluding hydrogens is 380 g/mol. The summed E-state index contributed by atoms with van der Waals surface area (Å²) in [5.41, 5.74) is 5.15. The second kappa shape index (κ2) is 7.91. The van der Waals surface area contributed by atoms with Gasteiger partial charge in [-0.25, -0.2) is 4.79 Å². The van der Waals surface area contributed by atoms with E-state index in [1.807, 2.05) is 42.2 Å². The molecule has 4 rings (SSSR count). The smallest absolute Gasteiger partial charge is 0.322 e. The monoisotopic (exact) mass is 406 g/mol. The van der Waals surface area contributed by atoms with E-state index >= 15 is 0 Å². The third kappa shape index (κ3) is 3.68. The summed E-state index contributed by atoms with van der Waals surface area (Å²) in [5.74, 6) is -0.663. The van der Waals surface area contributed by atoms with E-state index in [2.05, 4.69) is 35.0 Å². The number of imide groups is 1. The van der Waals surface area contributed by atoms with Gasteiger partial charge in [-0.3, -0.25) is 19.9 Å². The van der Waals surface area contributed by atoms with Crippen molar-refractivity contribution in [3.8, 4) is 0 Å². The lowest BCUT2D eigenvalue weighted by Gasteiger charge is -2.34. The number of nitrogens with zero attached hydrogens (tertiary/aromatic N) is 2. The quantitative estimate of drug-likeness (QED) is 0.747. The highest BCUT2D eigenvalue weighted by molar-refractivity contribution is 6.07. The number of urea groups is 1. The van der Waals surface area contributed by atoms with Crippen LogP contribution in [0.25, 0.3) is 0 Å². The number of fused-ring (bicyclic) bond motifs is 1. The lowest BCUT2D eigenvalue weighted by Crippen LogP contribution is -2.51. The average molecular weight is 406 g/mol. The zero-order valence-electron chi connectivity index (χ0n) is 17.2. The van der Waals surface area contributed by atoms with Crippen LogP contribution in [0.2, 0.25) is 0 Å². The molecule has 156 valence electrons. The summed E-state index contributed by atoms with van der Waals surface area (Å²) < 4.78 is 0. The molecule has 0 aliphatic carbocycles. The highest BCUT2D eigenvalue weighted by Gasteiger charge is 2.47. The second-order valence-corrected chi connectivity index (χ2v) is 8.12. The van der Waals surface area contributed by atoms with E-state index in [1.165, 1.54) is 16.7 Å². The molecule has 0 radical (unpaired) electrons. The van der Waals surface area contributed by atoms with Gasteiger partial charge in [0.15, 0.2) is 0 Å². The topological polar surface area (TPSA) is 81.8 Å². The maximum atomic E-state index is 12.7. The number of amides is 4. The van der Waals surface area contributed by atoms with Crippen molar-refractivity contribution in [3.05, 3.63) is 71.3 Å². The molecule has 2 atom stereocenters. The Morgan fingerprint density at radius 1 is 1.13 bits per heavy atom. The third-order valence-corrected chi connectivity index (χ3v) is 6.04. The van der Waals surface area contributed by atoms with Gasteiger partial charge in [0.05, 0.1) is 6.54 Å². The standard InChI is InChI=1S/C23H26N4O3/c1-3-23(2)21(29)27(22(30)24-23)25-20(28)15-26-13-17-11-7-8-12-18(17)19(14-26)16-9-5-4-6-10-16/h4-12,19H,3,13-15H2,1-2H3,(H,24,30)(H,25,28)/t19-,23+/m0/s1. The SMILES string of the molecule is CC[C@@]1(C)NC(=O)N(NC(=O)CN2Cc3ccccc3[C@H](c3ccccc3)C2)C1=O. The Morgan fingerprint density at radius 2 is 1.83 bits per heavy atom. The molecule has 7 heteroatoms. The van der Waals surface area contributed by atoms with Gasteiger partial charge in [0, 0.05) is 19.0 Å². The molecule has 0 saturated carbocycles. The first-order valence-electron chi connectivity index (χ1n) is 10.2. The number of carbonyl (C=O) groups is 3. The van der Waals surface area contributed by atoms with Crippen LogP contribution in [-0.2, 0) is 16.1 Å². The Balaban J connectivity index is 1.48. The Hall–Kier alpha value is -3.19. The zero-order valence-corrected chi connectivity index (χ0v) is 17.2. The lowest BCUT2D eigenvalue weighted by molar-refractivity contribution is -0.139. The zero-order chi connectivity index (χ0) is 21.3. The third-order valence-electron chi connectivity index (χ3n) is 6.04. The molecule has 0 spiro atoms. The average Bonchev–Trinajstić information content (AvgIpc) is 2.97. The molecule has 0 aromatic heterocycles.